The second-order valence-electron chi connectivity index (χ2n) is 5.83. The van der Waals surface area contributed by atoms with Gasteiger partial charge in [-0.05, 0) is 31.2 Å². The van der Waals surface area contributed by atoms with E-state index in [9.17, 15) is 4.79 Å². The molecule has 0 bridgehead atoms. The summed E-state index contributed by atoms with van der Waals surface area (Å²) in [5.74, 6) is 0.559. The second kappa shape index (κ2) is 6.92. The smallest absolute Gasteiger partial charge is 0.317 e. The van der Waals surface area contributed by atoms with Gasteiger partial charge in [0.15, 0.2) is 0 Å². The molecule has 0 aliphatic carbocycles. The first-order chi connectivity index (χ1) is 10.7. The van der Waals surface area contributed by atoms with E-state index in [4.69, 9.17) is 0 Å². The number of hydrogen-bond donors (Lipinski definition) is 1. The molecule has 3 rings (SSSR count). The van der Waals surface area contributed by atoms with E-state index in [1.165, 1.54) is 5.56 Å². The summed E-state index contributed by atoms with van der Waals surface area (Å²) in [6.45, 7) is 3.66. The number of nitrogens with zero attached hydrogens (tertiary/aromatic N) is 2. The number of thiazole rings is 1. The lowest BCUT2D eigenvalue weighted by molar-refractivity contribution is 0.203. The third-order valence-corrected chi connectivity index (χ3v) is 5.06. The average Bonchev–Trinajstić information content (AvgIpc) is 3.19. The fraction of sp³-hybridized carbons (Fsp3) is 0.412. The third kappa shape index (κ3) is 3.65. The van der Waals surface area contributed by atoms with E-state index in [1.54, 1.807) is 17.5 Å². The van der Waals surface area contributed by atoms with Crippen LogP contribution < -0.4 is 5.32 Å². The van der Waals surface area contributed by atoms with Gasteiger partial charge < -0.3 is 10.2 Å². The Hall–Kier alpha value is -1.88. The highest BCUT2D eigenvalue weighted by atomic mass is 32.1. The van der Waals surface area contributed by atoms with E-state index >= 15 is 0 Å². The molecule has 1 aliphatic rings. The molecule has 1 N–H and O–H groups in total. The Bertz CT molecular complexity index is 600. The Morgan fingerprint density at radius 1 is 1.45 bits per heavy atom. The van der Waals surface area contributed by atoms with Crippen molar-refractivity contribution < 1.29 is 4.79 Å². The standard InChI is InChI=1S/C17H21N3OS/c1-13(16-18-8-10-22-16)19-17(21)20-9-7-15(12-20)11-14-5-3-2-4-6-14/h2-6,8,10,13,15H,7,9,11-12H2,1H3,(H,19,21)/t13-,15-/m0/s1. The van der Waals surface area contributed by atoms with Gasteiger partial charge in [0.25, 0.3) is 0 Å². The van der Waals surface area contributed by atoms with Gasteiger partial charge in [0.1, 0.15) is 5.01 Å². The van der Waals surface area contributed by atoms with E-state index in [0.717, 1.165) is 30.9 Å². The van der Waals surface area contributed by atoms with Crippen LogP contribution in [0.1, 0.15) is 30.0 Å². The monoisotopic (exact) mass is 315 g/mol. The number of urea groups is 1. The zero-order valence-electron chi connectivity index (χ0n) is 12.7. The maximum absolute atomic E-state index is 12.3. The summed E-state index contributed by atoms with van der Waals surface area (Å²) in [6, 6.07) is 10.5. The van der Waals surface area contributed by atoms with Crippen LogP contribution in [0.25, 0.3) is 0 Å². The fourth-order valence-corrected chi connectivity index (χ4v) is 3.56. The molecular formula is C17H21N3OS. The molecule has 0 radical (unpaired) electrons. The molecule has 0 spiro atoms. The Balaban J connectivity index is 1.50. The molecule has 5 heteroatoms. The number of benzene rings is 1. The van der Waals surface area contributed by atoms with Gasteiger partial charge in [0.2, 0.25) is 0 Å². The summed E-state index contributed by atoms with van der Waals surface area (Å²) in [5, 5.41) is 5.93. The van der Waals surface area contributed by atoms with Gasteiger partial charge in [0.05, 0.1) is 6.04 Å². The van der Waals surface area contributed by atoms with E-state index in [-0.39, 0.29) is 12.1 Å². The molecule has 116 valence electrons. The highest BCUT2D eigenvalue weighted by molar-refractivity contribution is 7.09. The lowest BCUT2D eigenvalue weighted by atomic mass is 9.99. The summed E-state index contributed by atoms with van der Waals surface area (Å²) in [6.07, 6.45) is 3.90. The second-order valence-corrected chi connectivity index (χ2v) is 6.76. The summed E-state index contributed by atoms with van der Waals surface area (Å²) in [7, 11) is 0. The van der Waals surface area contributed by atoms with Crippen LogP contribution >= 0.6 is 11.3 Å². The Morgan fingerprint density at radius 2 is 2.27 bits per heavy atom. The van der Waals surface area contributed by atoms with Crippen LogP contribution in [0.2, 0.25) is 0 Å². The fourth-order valence-electron chi connectivity index (χ4n) is 2.92. The predicted octanol–water partition coefficient (Wildman–Crippen LogP) is 3.48. The number of likely N-dealkylation sites (tertiary alicyclic amines) is 1. The molecule has 1 fully saturated rings. The topological polar surface area (TPSA) is 45.2 Å². The molecule has 22 heavy (non-hydrogen) atoms. The van der Waals surface area contributed by atoms with Gasteiger partial charge in [-0.2, -0.15) is 0 Å². The van der Waals surface area contributed by atoms with Gasteiger partial charge in [-0.1, -0.05) is 30.3 Å². The lowest BCUT2D eigenvalue weighted by Gasteiger charge is -2.20. The van der Waals surface area contributed by atoms with E-state index in [2.05, 4.69) is 34.6 Å². The average molecular weight is 315 g/mol. The highest BCUT2D eigenvalue weighted by Crippen LogP contribution is 2.22. The molecule has 2 atom stereocenters. The summed E-state index contributed by atoms with van der Waals surface area (Å²) in [5.41, 5.74) is 1.35. The number of carbonyl (C=O) groups is 1. The van der Waals surface area contributed by atoms with Crippen molar-refractivity contribution in [2.45, 2.75) is 25.8 Å². The van der Waals surface area contributed by atoms with Crippen molar-refractivity contribution in [3.05, 3.63) is 52.5 Å². The van der Waals surface area contributed by atoms with Crippen LogP contribution in [-0.4, -0.2) is 29.0 Å². The van der Waals surface area contributed by atoms with Crippen LogP contribution in [-0.2, 0) is 6.42 Å². The SMILES string of the molecule is C[C@H](NC(=O)N1CC[C@@H](Cc2ccccc2)C1)c1nccs1. The first-order valence-electron chi connectivity index (χ1n) is 7.71. The number of amides is 2. The molecule has 1 aromatic heterocycles. The molecule has 2 aromatic rings. The molecule has 0 saturated carbocycles. The van der Waals surface area contributed by atoms with E-state index in [0.29, 0.717) is 5.92 Å². The quantitative estimate of drug-likeness (QED) is 0.939. The number of hydrogen-bond acceptors (Lipinski definition) is 3. The third-order valence-electron chi connectivity index (χ3n) is 4.10. The first-order valence-corrected chi connectivity index (χ1v) is 8.59. The van der Waals surface area contributed by atoms with E-state index < -0.39 is 0 Å². The molecule has 1 saturated heterocycles. The van der Waals surface area contributed by atoms with Crippen LogP contribution in [0.15, 0.2) is 41.9 Å². The molecular weight excluding hydrogens is 294 g/mol. The van der Waals surface area contributed by atoms with E-state index in [1.807, 2.05) is 23.3 Å². The minimum absolute atomic E-state index is 0.0262. The van der Waals surface area contributed by atoms with Gasteiger partial charge in [-0.25, -0.2) is 9.78 Å². The van der Waals surface area contributed by atoms with Crippen molar-refractivity contribution >= 4 is 17.4 Å². The van der Waals surface area contributed by atoms with Gasteiger partial charge >= 0.3 is 6.03 Å². The van der Waals surface area contributed by atoms with Crippen molar-refractivity contribution in [3.8, 4) is 0 Å². The highest BCUT2D eigenvalue weighted by Gasteiger charge is 2.27. The maximum atomic E-state index is 12.3. The van der Waals surface area contributed by atoms with Crippen molar-refractivity contribution in [3.63, 3.8) is 0 Å². The zero-order valence-corrected chi connectivity index (χ0v) is 13.6. The summed E-state index contributed by atoms with van der Waals surface area (Å²) in [4.78, 5) is 18.5. The molecule has 2 amide bonds. The Labute approximate surface area is 135 Å². The van der Waals surface area contributed by atoms with Crippen LogP contribution in [0.3, 0.4) is 0 Å². The molecule has 2 heterocycles. The summed E-state index contributed by atoms with van der Waals surface area (Å²) < 4.78 is 0. The predicted molar refractivity (Wildman–Crippen MR) is 88.9 cm³/mol. The molecule has 1 aliphatic heterocycles. The van der Waals surface area contributed by atoms with Gasteiger partial charge in [0, 0.05) is 24.7 Å². The minimum Gasteiger partial charge on any atom is -0.329 e. The normalized spacial score (nSPS) is 19.1. The number of carbonyl (C=O) groups excluding carboxylic acids is 1. The maximum Gasteiger partial charge on any atom is 0.317 e. The largest absolute Gasteiger partial charge is 0.329 e. The molecule has 1 aromatic carbocycles. The van der Waals surface area contributed by atoms with Crippen LogP contribution in [0, 0.1) is 5.92 Å². The van der Waals surface area contributed by atoms with Crippen molar-refractivity contribution in [1.82, 2.24) is 15.2 Å². The van der Waals surface area contributed by atoms with Gasteiger partial charge in [-0.15, -0.1) is 11.3 Å². The molecule has 4 nitrogen and oxygen atoms in total. The number of nitrogens with one attached hydrogen (secondary N) is 1. The number of aromatic nitrogens is 1. The lowest BCUT2D eigenvalue weighted by Crippen LogP contribution is -2.39. The van der Waals surface area contributed by atoms with Crippen LogP contribution in [0.4, 0.5) is 4.79 Å². The molecule has 0 unspecified atom stereocenters. The first kappa shape index (κ1) is 15.0. The van der Waals surface area contributed by atoms with Gasteiger partial charge in [-0.3, -0.25) is 0 Å². The Kier molecular flexibility index (Phi) is 4.73. The van der Waals surface area contributed by atoms with Crippen molar-refractivity contribution in [2.24, 2.45) is 5.92 Å². The van der Waals surface area contributed by atoms with Crippen molar-refractivity contribution in [1.29, 1.82) is 0 Å². The summed E-state index contributed by atoms with van der Waals surface area (Å²) >= 11 is 1.57. The van der Waals surface area contributed by atoms with Crippen LogP contribution in [0.5, 0.6) is 0 Å². The Morgan fingerprint density at radius 3 is 3.00 bits per heavy atom. The van der Waals surface area contributed by atoms with Crippen molar-refractivity contribution in [2.75, 3.05) is 13.1 Å². The zero-order chi connectivity index (χ0) is 15.4. The minimum atomic E-state index is -0.0272. The number of rotatable bonds is 4.